The summed E-state index contributed by atoms with van der Waals surface area (Å²) in [6.45, 7) is 4.48. The predicted molar refractivity (Wildman–Crippen MR) is 89.2 cm³/mol. The summed E-state index contributed by atoms with van der Waals surface area (Å²) in [7, 11) is 3.59. The average Bonchev–Trinajstić information content (AvgIpc) is 2.95. The Morgan fingerprint density at radius 2 is 2.13 bits per heavy atom. The van der Waals surface area contributed by atoms with Crippen LogP contribution in [0.15, 0.2) is 36.7 Å². The van der Waals surface area contributed by atoms with E-state index in [4.69, 9.17) is 4.74 Å². The molecule has 0 bridgehead atoms. The Morgan fingerprint density at radius 1 is 1.39 bits per heavy atom. The average molecular weight is 316 g/mol. The minimum atomic E-state index is -0.439. The largest absolute Gasteiger partial charge is 0.494 e. The number of nitrogens with zero attached hydrogens (tertiary/aromatic N) is 2. The molecular formula is C17H24N4O2. The molecule has 1 aromatic carbocycles. The van der Waals surface area contributed by atoms with E-state index in [1.165, 1.54) is 0 Å². The Bertz CT molecular complexity index is 654. The fraction of sp³-hybridized carbons (Fsp3) is 0.412. The van der Waals surface area contributed by atoms with Crippen molar-refractivity contribution in [3.63, 3.8) is 0 Å². The van der Waals surface area contributed by atoms with Gasteiger partial charge in [0.15, 0.2) is 0 Å². The van der Waals surface area contributed by atoms with Crippen molar-refractivity contribution < 1.29 is 9.53 Å². The van der Waals surface area contributed by atoms with Crippen LogP contribution in [-0.4, -0.2) is 29.3 Å². The molecular weight excluding hydrogens is 292 g/mol. The third-order valence-corrected chi connectivity index (χ3v) is 3.65. The molecule has 2 rings (SSSR count). The summed E-state index contributed by atoms with van der Waals surface area (Å²) in [5.41, 5.74) is 1.79. The first-order chi connectivity index (χ1) is 11.1. The molecule has 0 spiro atoms. The molecule has 2 atom stereocenters. The number of benzene rings is 1. The van der Waals surface area contributed by atoms with E-state index in [0.717, 1.165) is 16.9 Å². The Balaban J connectivity index is 2.12. The van der Waals surface area contributed by atoms with E-state index in [2.05, 4.69) is 15.7 Å². The molecule has 6 heteroatoms. The number of carbonyl (C=O) groups is 1. The minimum absolute atomic E-state index is 0.0979. The lowest BCUT2D eigenvalue weighted by atomic mass is 10.1. The maximum atomic E-state index is 12.6. The topological polar surface area (TPSA) is 68.2 Å². The second-order valence-corrected chi connectivity index (χ2v) is 5.37. The Kier molecular flexibility index (Phi) is 5.76. The number of amides is 1. The van der Waals surface area contributed by atoms with E-state index in [0.29, 0.717) is 6.61 Å². The summed E-state index contributed by atoms with van der Waals surface area (Å²) >= 11 is 0. The first kappa shape index (κ1) is 17.0. The van der Waals surface area contributed by atoms with Crippen molar-refractivity contribution >= 4 is 5.91 Å². The van der Waals surface area contributed by atoms with Gasteiger partial charge >= 0.3 is 0 Å². The van der Waals surface area contributed by atoms with Gasteiger partial charge in [-0.15, -0.1) is 0 Å². The van der Waals surface area contributed by atoms with Gasteiger partial charge in [-0.3, -0.25) is 9.48 Å². The van der Waals surface area contributed by atoms with Crippen molar-refractivity contribution in [1.82, 2.24) is 20.4 Å². The third-order valence-electron chi connectivity index (χ3n) is 3.65. The summed E-state index contributed by atoms with van der Waals surface area (Å²) in [5, 5.41) is 10.2. The van der Waals surface area contributed by atoms with E-state index in [-0.39, 0.29) is 11.9 Å². The Morgan fingerprint density at radius 3 is 2.74 bits per heavy atom. The summed E-state index contributed by atoms with van der Waals surface area (Å²) in [4.78, 5) is 12.6. The number of carbonyl (C=O) groups excluding carboxylic acids is 1. The Labute approximate surface area is 136 Å². The fourth-order valence-corrected chi connectivity index (χ4v) is 2.54. The molecule has 124 valence electrons. The van der Waals surface area contributed by atoms with Crippen molar-refractivity contribution in [2.75, 3.05) is 13.7 Å². The molecule has 0 fully saturated rings. The number of para-hydroxylation sites is 1. The quantitative estimate of drug-likeness (QED) is 0.819. The van der Waals surface area contributed by atoms with Crippen LogP contribution in [-0.2, 0) is 11.8 Å². The number of aryl methyl sites for hydroxylation is 1. The maximum absolute atomic E-state index is 12.6. The molecule has 0 aliphatic rings. The Hall–Kier alpha value is -2.34. The SMILES string of the molecule is CCOc1ccccc1C(C)NC(=O)C(NC)c1cnn(C)c1. The molecule has 1 aromatic heterocycles. The first-order valence-electron chi connectivity index (χ1n) is 7.74. The van der Waals surface area contributed by atoms with Gasteiger partial charge in [-0.2, -0.15) is 5.10 Å². The van der Waals surface area contributed by atoms with Crippen LogP contribution in [0.4, 0.5) is 0 Å². The molecule has 0 aliphatic carbocycles. The molecule has 0 radical (unpaired) electrons. The molecule has 0 saturated heterocycles. The lowest BCUT2D eigenvalue weighted by Gasteiger charge is -2.21. The summed E-state index contributed by atoms with van der Waals surface area (Å²) < 4.78 is 7.32. The molecule has 1 heterocycles. The van der Waals surface area contributed by atoms with Crippen LogP contribution in [0.25, 0.3) is 0 Å². The van der Waals surface area contributed by atoms with Crippen LogP contribution in [0.3, 0.4) is 0 Å². The number of hydrogen-bond donors (Lipinski definition) is 2. The summed E-state index contributed by atoms with van der Waals surface area (Å²) in [6, 6.07) is 7.15. The van der Waals surface area contributed by atoms with Crippen LogP contribution in [0.1, 0.15) is 37.1 Å². The standard InChI is InChI=1S/C17H24N4O2/c1-5-23-15-9-7-6-8-14(15)12(2)20-17(22)16(18-3)13-10-19-21(4)11-13/h6-12,16,18H,5H2,1-4H3,(H,20,22). The molecule has 1 amide bonds. The molecule has 23 heavy (non-hydrogen) atoms. The van der Waals surface area contributed by atoms with Crippen LogP contribution in [0, 0.1) is 0 Å². The van der Waals surface area contributed by atoms with Gasteiger partial charge in [-0.25, -0.2) is 0 Å². The zero-order chi connectivity index (χ0) is 16.8. The van der Waals surface area contributed by atoms with Crippen LogP contribution in [0.2, 0.25) is 0 Å². The van der Waals surface area contributed by atoms with Crippen molar-refractivity contribution in [3.05, 3.63) is 47.8 Å². The smallest absolute Gasteiger partial charge is 0.242 e. The molecule has 6 nitrogen and oxygen atoms in total. The van der Waals surface area contributed by atoms with Gasteiger partial charge in [0.1, 0.15) is 11.8 Å². The number of ether oxygens (including phenoxy) is 1. The van der Waals surface area contributed by atoms with E-state index in [1.54, 1.807) is 17.9 Å². The minimum Gasteiger partial charge on any atom is -0.494 e. The number of rotatable bonds is 7. The van der Waals surface area contributed by atoms with Crippen molar-refractivity contribution in [2.24, 2.45) is 7.05 Å². The van der Waals surface area contributed by atoms with Gasteiger partial charge < -0.3 is 15.4 Å². The number of likely N-dealkylation sites (N-methyl/N-ethyl adjacent to an activating group) is 1. The van der Waals surface area contributed by atoms with Crippen LogP contribution < -0.4 is 15.4 Å². The highest BCUT2D eigenvalue weighted by molar-refractivity contribution is 5.83. The summed E-state index contributed by atoms with van der Waals surface area (Å²) in [5.74, 6) is 0.699. The molecule has 0 saturated carbocycles. The second-order valence-electron chi connectivity index (χ2n) is 5.37. The lowest BCUT2D eigenvalue weighted by molar-refractivity contribution is -0.123. The zero-order valence-corrected chi connectivity index (χ0v) is 14.0. The fourth-order valence-electron chi connectivity index (χ4n) is 2.54. The van der Waals surface area contributed by atoms with Crippen molar-refractivity contribution in [1.29, 1.82) is 0 Å². The van der Waals surface area contributed by atoms with E-state index in [1.807, 2.05) is 51.4 Å². The van der Waals surface area contributed by atoms with E-state index in [9.17, 15) is 4.79 Å². The van der Waals surface area contributed by atoms with Gasteiger partial charge in [0.25, 0.3) is 0 Å². The van der Waals surface area contributed by atoms with Crippen LogP contribution >= 0.6 is 0 Å². The third kappa shape index (κ3) is 4.10. The molecule has 2 aromatic rings. The normalized spacial score (nSPS) is 13.4. The van der Waals surface area contributed by atoms with Crippen molar-refractivity contribution in [3.8, 4) is 5.75 Å². The monoisotopic (exact) mass is 316 g/mol. The number of aromatic nitrogens is 2. The molecule has 0 aliphatic heterocycles. The van der Waals surface area contributed by atoms with Gasteiger partial charge in [-0.1, -0.05) is 18.2 Å². The van der Waals surface area contributed by atoms with Crippen molar-refractivity contribution in [2.45, 2.75) is 25.9 Å². The first-order valence-corrected chi connectivity index (χ1v) is 7.74. The zero-order valence-electron chi connectivity index (χ0n) is 14.0. The van der Waals surface area contributed by atoms with Gasteiger partial charge in [-0.05, 0) is 27.0 Å². The van der Waals surface area contributed by atoms with Gasteiger partial charge in [0.05, 0.1) is 18.8 Å². The van der Waals surface area contributed by atoms with Gasteiger partial charge in [0.2, 0.25) is 5.91 Å². The van der Waals surface area contributed by atoms with E-state index < -0.39 is 6.04 Å². The second kappa shape index (κ2) is 7.78. The van der Waals surface area contributed by atoms with E-state index >= 15 is 0 Å². The van der Waals surface area contributed by atoms with Gasteiger partial charge in [0, 0.05) is 24.4 Å². The highest BCUT2D eigenvalue weighted by Crippen LogP contribution is 2.25. The molecule has 2 N–H and O–H groups in total. The lowest BCUT2D eigenvalue weighted by Crippen LogP contribution is -2.37. The van der Waals surface area contributed by atoms with Crippen LogP contribution in [0.5, 0.6) is 5.75 Å². The summed E-state index contributed by atoms with van der Waals surface area (Å²) in [6.07, 6.45) is 3.53. The highest BCUT2D eigenvalue weighted by atomic mass is 16.5. The molecule has 2 unspecified atom stereocenters. The number of hydrogen-bond acceptors (Lipinski definition) is 4. The predicted octanol–water partition coefficient (Wildman–Crippen LogP) is 1.96. The maximum Gasteiger partial charge on any atom is 0.242 e. The highest BCUT2D eigenvalue weighted by Gasteiger charge is 2.23. The number of nitrogens with one attached hydrogen (secondary N) is 2.